The Labute approximate surface area is 168 Å². The third-order valence-electron chi connectivity index (χ3n) is 6.01. The van der Waals surface area contributed by atoms with Crippen molar-refractivity contribution < 1.29 is 18.7 Å². The van der Waals surface area contributed by atoms with E-state index in [4.69, 9.17) is 13.9 Å². The molecule has 2 aromatic carbocycles. The van der Waals surface area contributed by atoms with Crippen molar-refractivity contribution in [2.24, 2.45) is 5.92 Å². The van der Waals surface area contributed by atoms with Crippen LogP contribution in [0.2, 0.25) is 0 Å². The molecule has 2 aliphatic rings. The molecule has 0 N–H and O–H groups in total. The van der Waals surface area contributed by atoms with Crippen LogP contribution in [0.5, 0.6) is 11.5 Å². The van der Waals surface area contributed by atoms with Crippen molar-refractivity contribution in [1.82, 2.24) is 9.88 Å². The normalized spacial score (nSPS) is 20.9. The maximum Gasteiger partial charge on any atom is 0.298 e. The summed E-state index contributed by atoms with van der Waals surface area (Å²) in [7, 11) is 3.14. The van der Waals surface area contributed by atoms with Crippen LogP contribution in [0, 0.1) is 5.92 Å². The quantitative estimate of drug-likeness (QED) is 0.678. The number of nitrogens with zero attached hydrogens (tertiary/aromatic N) is 3. The number of aromatic nitrogens is 1. The van der Waals surface area contributed by atoms with Crippen LogP contribution in [0.15, 0.2) is 46.9 Å². The lowest BCUT2D eigenvalue weighted by atomic mass is 9.82. The van der Waals surface area contributed by atoms with Gasteiger partial charge in [-0.3, -0.25) is 4.79 Å². The molecule has 7 nitrogen and oxygen atoms in total. The minimum Gasteiger partial charge on any atom is -0.496 e. The average Bonchev–Trinajstić information content (AvgIpc) is 3.16. The van der Waals surface area contributed by atoms with Gasteiger partial charge in [-0.15, -0.1) is 0 Å². The van der Waals surface area contributed by atoms with E-state index in [2.05, 4.69) is 9.88 Å². The van der Waals surface area contributed by atoms with Crippen molar-refractivity contribution in [2.45, 2.75) is 12.5 Å². The highest BCUT2D eigenvalue weighted by atomic mass is 16.5. The molecule has 2 fully saturated rings. The number of amides is 1. The summed E-state index contributed by atoms with van der Waals surface area (Å²) in [6.45, 7) is 2.27. The van der Waals surface area contributed by atoms with Crippen LogP contribution in [-0.2, 0) is 0 Å². The van der Waals surface area contributed by atoms with Gasteiger partial charge in [-0.2, -0.15) is 4.98 Å². The molecule has 150 valence electrons. The first-order chi connectivity index (χ1) is 14.2. The Morgan fingerprint density at radius 1 is 1.07 bits per heavy atom. The van der Waals surface area contributed by atoms with Crippen molar-refractivity contribution in [1.29, 1.82) is 0 Å². The van der Waals surface area contributed by atoms with Gasteiger partial charge in [0.15, 0.2) is 5.58 Å². The number of benzene rings is 2. The van der Waals surface area contributed by atoms with Gasteiger partial charge in [0.25, 0.3) is 11.9 Å². The molecule has 2 unspecified atom stereocenters. The van der Waals surface area contributed by atoms with Crippen LogP contribution in [-0.4, -0.2) is 55.7 Å². The largest absolute Gasteiger partial charge is 0.496 e. The van der Waals surface area contributed by atoms with E-state index in [1.807, 2.05) is 35.2 Å². The number of rotatable bonds is 4. The topological polar surface area (TPSA) is 68.0 Å². The zero-order chi connectivity index (χ0) is 20.0. The number of carbonyl (C=O) groups is 1. The summed E-state index contributed by atoms with van der Waals surface area (Å²) >= 11 is 0. The number of likely N-dealkylation sites (tertiary alicyclic amines) is 1. The van der Waals surface area contributed by atoms with Crippen molar-refractivity contribution in [3.8, 4) is 11.5 Å². The van der Waals surface area contributed by atoms with E-state index in [0.717, 1.165) is 30.6 Å². The van der Waals surface area contributed by atoms with Crippen LogP contribution in [0.1, 0.15) is 16.8 Å². The van der Waals surface area contributed by atoms with E-state index in [1.165, 1.54) is 0 Å². The molecule has 0 saturated carbocycles. The van der Waals surface area contributed by atoms with Gasteiger partial charge in [0.1, 0.15) is 22.6 Å². The monoisotopic (exact) mass is 393 g/mol. The highest BCUT2D eigenvalue weighted by molar-refractivity contribution is 6.00. The Morgan fingerprint density at radius 3 is 2.55 bits per heavy atom. The van der Waals surface area contributed by atoms with Gasteiger partial charge >= 0.3 is 0 Å². The molecule has 3 heterocycles. The minimum atomic E-state index is -0.0674. The lowest BCUT2D eigenvalue weighted by molar-refractivity contribution is 0.0577. The maximum atomic E-state index is 13.3. The average molecular weight is 393 g/mol. The predicted octanol–water partition coefficient (Wildman–Crippen LogP) is 3.20. The van der Waals surface area contributed by atoms with E-state index in [0.29, 0.717) is 35.5 Å². The molecule has 1 amide bonds. The summed E-state index contributed by atoms with van der Waals surface area (Å²) in [4.78, 5) is 22.0. The highest BCUT2D eigenvalue weighted by Crippen LogP contribution is 2.38. The van der Waals surface area contributed by atoms with Crippen molar-refractivity contribution in [2.75, 3.05) is 38.8 Å². The van der Waals surface area contributed by atoms with Crippen LogP contribution in [0.3, 0.4) is 0 Å². The Morgan fingerprint density at radius 2 is 1.83 bits per heavy atom. The summed E-state index contributed by atoms with van der Waals surface area (Å²) in [5.41, 5.74) is 2.12. The molecular formula is C22H23N3O4. The summed E-state index contributed by atoms with van der Waals surface area (Å²) in [6.07, 6.45) is 0.963. The van der Waals surface area contributed by atoms with Crippen LogP contribution in [0.4, 0.5) is 6.01 Å². The molecule has 1 aromatic heterocycles. The fourth-order valence-corrected chi connectivity index (χ4v) is 4.40. The molecule has 29 heavy (non-hydrogen) atoms. The number of carbonyl (C=O) groups excluding carboxylic acids is 1. The molecule has 2 atom stereocenters. The molecular weight excluding hydrogens is 370 g/mol. The van der Waals surface area contributed by atoms with Gasteiger partial charge < -0.3 is 23.7 Å². The van der Waals surface area contributed by atoms with Gasteiger partial charge in [0, 0.05) is 25.6 Å². The van der Waals surface area contributed by atoms with E-state index >= 15 is 0 Å². The second kappa shape index (κ2) is 6.99. The first-order valence-corrected chi connectivity index (χ1v) is 9.82. The van der Waals surface area contributed by atoms with E-state index in [-0.39, 0.29) is 11.9 Å². The summed E-state index contributed by atoms with van der Waals surface area (Å²) in [5, 5.41) is 0. The minimum absolute atomic E-state index is 0.0674. The molecule has 0 aliphatic carbocycles. The Kier molecular flexibility index (Phi) is 4.30. The number of para-hydroxylation sites is 2. The molecule has 0 bridgehead atoms. The Bertz CT molecular complexity index is 1010. The number of oxazole rings is 1. The molecule has 2 aliphatic heterocycles. The van der Waals surface area contributed by atoms with Gasteiger partial charge in [-0.05, 0) is 30.7 Å². The van der Waals surface area contributed by atoms with Crippen LogP contribution < -0.4 is 14.4 Å². The molecule has 0 spiro atoms. The third kappa shape index (κ3) is 2.88. The number of hydrogen-bond acceptors (Lipinski definition) is 6. The van der Waals surface area contributed by atoms with Crippen molar-refractivity contribution in [3.63, 3.8) is 0 Å². The first kappa shape index (κ1) is 17.8. The smallest absolute Gasteiger partial charge is 0.298 e. The van der Waals surface area contributed by atoms with Gasteiger partial charge in [-0.1, -0.05) is 18.2 Å². The zero-order valence-corrected chi connectivity index (χ0v) is 16.5. The zero-order valence-electron chi connectivity index (χ0n) is 16.5. The maximum absolute atomic E-state index is 13.3. The first-order valence-electron chi connectivity index (χ1n) is 9.82. The van der Waals surface area contributed by atoms with Crippen molar-refractivity contribution in [3.05, 3.63) is 48.0 Å². The molecule has 2 saturated heterocycles. The number of methoxy groups -OCH3 is 2. The number of ether oxygens (including phenoxy) is 2. The van der Waals surface area contributed by atoms with Gasteiger partial charge in [-0.25, -0.2) is 0 Å². The molecule has 3 aromatic rings. The Balaban J connectivity index is 1.39. The molecule has 7 heteroatoms. The lowest BCUT2D eigenvalue weighted by Crippen LogP contribution is -2.65. The second-order valence-electron chi connectivity index (χ2n) is 7.52. The van der Waals surface area contributed by atoms with E-state index in [9.17, 15) is 4.79 Å². The van der Waals surface area contributed by atoms with Gasteiger partial charge in [0.05, 0.1) is 20.3 Å². The standard InChI is InChI=1S/C22H23N3O4/c1-27-18-8-5-9-19(28-2)20(18)21(26)24-11-10-14-12-25(16(14)13-24)22-23-15-6-3-4-7-17(15)29-22/h3-9,14,16H,10-13H2,1-2H3. The van der Waals surface area contributed by atoms with Crippen molar-refractivity contribution >= 4 is 23.0 Å². The summed E-state index contributed by atoms with van der Waals surface area (Å²) in [5.74, 6) is 1.54. The molecule has 0 radical (unpaired) electrons. The number of fused-ring (bicyclic) bond motifs is 2. The summed E-state index contributed by atoms with van der Waals surface area (Å²) < 4.78 is 16.8. The molecule has 5 rings (SSSR count). The van der Waals surface area contributed by atoms with Crippen LogP contribution >= 0.6 is 0 Å². The third-order valence-corrected chi connectivity index (χ3v) is 6.01. The van der Waals surface area contributed by atoms with Gasteiger partial charge in [0.2, 0.25) is 0 Å². The highest BCUT2D eigenvalue weighted by Gasteiger charge is 2.46. The summed E-state index contributed by atoms with van der Waals surface area (Å²) in [6, 6.07) is 14.0. The fraction of sp³-hybridized carbons (Fsp3) is 0.364. The predicted molar refractivity (Wildman–Crippen MR) is 109 cm³/mol. The van der Waals surface area contributed by atoms with E-state index < -0.39 is 0 Å². The van der Waals surface area contributed by atoms with E-state index in [1.54, 1.807) is 26.4 Å². The number of piperidine rings is 1. The lowest BCUT2D eigenvalue weighted by Gasteiger charge is -2.52. The second-order valence-corrected chi connectivity index (χ2v) is 7.52. The Hall–Kier alpha value is -3.22. The SMILES string of the molecule is COc1cccc(OC)c1C(=O)N1CCC2CN(c3nc4ccccc4o3)C2C1. The van der Waals surface area contributed by atoms with Crippen LogP contribution in [0.25, 0.3) is 11.1 Å². The number of anilines is 1. The fourth-order valence-electron chi connectivity index (χ4n) is 4.40. The number of hydrogen-bond donors (Lipinski definition) is 0.